The first-order chi connectivity index (χ1) is 13.5. The lowest BCUT2D eigenvalue weighted by Gasteiger charge is -2.41. The van der Waals surface area contributed by atoms with Crippen LogP contribution < -0.4 is 10.0 Å². The molecular weight excluding hydrogens is 378 g/mol. The number of carbonyl (C=O) groups is 1. The summed E-state index contributed by atoms with van der Waals surface area (Å²) in [6, 6.07) is 1.67. The number of hydrogen-bond acceptors (Lipinski definition) is 5. The molecule has 2 fully saturated rings. The molecule has 7 nitrogen and oxygen atoms in total. The molecule has 0 saturated carbocycles. The van der Waals surface area contributed by atoms with Crippen LogP contribution in [-0.4, -0.2) is 57.4 Å². The van der Waals surface area contributed by atoms with E-state index in [1.165, 1.54) is 22.3 Å². The number of nitrogens with zero attached hydrogens (tertiary/aromatic N) is 1. The third kappa shape index (κ3) is 3.31. The highest BCUT2D eigenvalue weighted by Crippen LogP contribution is 2.38. The smallest absolute Gasteiger partial charge is 0.332 e. The molecule has 0 bridgehead atoms. The van der Waals surface area contributed by atoms with Crippen LogP contribution in [-0.2, 0) is 40.4 Å². The Bertz CT molecular complexity index is 872. The van der Waals surface area contributed by atoms with Gasteiger partial charge < -0.3 is 15.0 Å². The van der Waals surface area contributed by atoms with Crippen molar-refractivity contribution in [3.05, 3.63) is 28.3 Å². The molecule has 0 atom stereocenters. The maximum Gasteiger partial charge on any atom is 0.332 e. The number of hydrogen-bond donors (Lipinski definition) is 2. The SMILES string of the molecule is O=C(Nc1c2c(cc3c1CCC3)CCC2)NS(=O)(=O)C1CN(CC2COC2)C1. The molecule has 4 aliphatic rings. The van der Waals surface area contributed by atoms with E-state index in [1.54, 1.807) is 0 Å². The molecule has 2 saturated heterocycles. The average molecular weight is 406 g/mol. The normalized spacial score (nSPS) is 22.3. The molecule has 0 unspecified atom stereocenters. The van der Waals surface area contributed by atoms with E-state index in [1.807, 2.05) is 0 Å². The maximum atomic E-state index is 12.6. The van der Waals surface area contributed by atoms with Gasteiger partial charge in [-0.1, -0.05) is 6.07 Å². The minimum Gasteiger partial charge on any atom is -0.381 e. The lowest BCUT2D eigenvalue weighted by molar-refractivity contribution is -0.0530. The lowest BCUT2D eigenvalue weighted by atomic mass is 9.99. The topological polar surface area (TPSA) is 87.7 Å². The van der Waals surface area contributed by atoms with Gasteiger partial charge in [0.2, 0.25) is 10.0 Å². The van der Waals surface area contributed by atoms with E-state index >= 15 is 0 Å². The molecule has 2 N–H and O–H groups in total. The number of carbonyl (C=O) groups excluding carboxylic acids is 1. The molecule has 0 spiro atoms. The Balaban J connectivity index is 1.23. The number of amides is 2. The molecule has 1 aromatic carbocycles. The average Bonchev–Trinajstić information content (AvgIpc) is 3.19. The van der Waals surface area contributed by atoms with Crippen LogP contribution in [0.25, 0.3) is 0 Å². The molecule has 5 rings (SSSR count). The van der Waals surface area contributed by atoms with Gasteiger partial charge in [0.05, 0.1) is 13.2 Å². The van der Waals surface area contributed by atoms with Gasteiger partial charge in [-0.15, -0.1) is 0 Å². The summed E-state index contributed by atoms with van der Waals surface area (Å²) < 4.78 is 32.6. The summed E-state index contributed by atoms with van der Waals surface area (Å²) in [4.78, 5) is 14.7. The largest absolute Gasteiger partial charge is 0.381 e. The van der Waals surface area contributed by atoms with E-state index in [2.05, 4.69) is 21.0 Å². The number of aryl methyl sites for hydroxylation is 2. The van der Waals surface area contributed by atoms with Gasteiger partial charge in [-0.3, -0.25) is 0 Å². The predicted octanol–water partition coefficient (Wildman–Crippen LogP) is 1.45. The van der Waals surface area contributed by atoms with Crippen molar-refractivity contribution in [1.82, 2.24) is 9.62 Å². The first kappa shape index (κ1) is 18.4. The third-order valence-electron chi connectivity index (χ3n) is 6.53. The van der Waals surface area contributed by atoms with Gasteiger partial charge >= 0.3 is 6.03 Å². The van der Waals surface area contributed by atoms with Crippen LogP contribution in [0.5, 0.6) is 0 Å². The number of ether oxygens (including phenoxy) is 1. The Kier molecular flexibility index (Phi) is 4.60. The minimum atomic E-state index is -3.66. The van der Waals surface area contributed by atoms with Crippen molar-refractivity contribution in [1.29, 1.82) is 0 Å². The van der Waals surface area contributed by atoms with Crippen molar-refractivity contribution >= 4 is 21.7 Å². The molecule has 0 aromatic heterocycles. The fourth-order valence-electron chi connectivity index (χ4n) is 4.94. The number of benzene rings is 1. The lowest BCUT2D eigenvalue weighted by Crippen LogP contribution is -2.60. The van der Waals surface area contributed by atoms with Gasteiger partial charge in [0.15, 0.2) is 0 Å². The summed E-state index contributed by atoms with van der Waals surface area (Å²) in [5, 5.41) is 2.38. The number of fused-ring (bicyclic) bond motifs is 2. The summed E-state index contributed by atoms with van der Waals surface area (Å²) in [6.45, 7) is 3.37. The summed E-state index contributed by atoms with van der Waals surface area (Å²) >= 11 is 0. The Morgan fingerprint density at radius 3 is 2.29 bits per heavy atom. The molecule has 28 heavy (non-hydrogen) atoms. The van der Waals surface area contributed by atoms with Gasteiger partial charge in [-0.05, 0) is 60.8 Å². The Labute approximate surface area is 165 Å². The van der Waals surface area contributed by atoms with Crippen molar-refractivity contribution in [2.75, 3.05) is 38.2 Å². The monoisotopic (exact) mass is 405 g/mol. The Hall–Kier alpha value is -1.64. The van der Waals surface area contributed by atoms with E-state index < -0.39 is 21.3 Å². The van der Waals surface area contributed by atoms with Gasteiger partial charge in [0.25, 0.3) is 0 Å². The Morgan fingerprint density at radius 1 is 1.07 bits per heavy atom. The number of rotatable bonds is 5. The van der Waals surface area contributed by atoms with Gasteiger partial charge in [0.1, 0.15) is 5.25 Å². The summed E-state index contributed by atoms with van der Waals surface area (Å²) in [5.41, 5.74) is 5.90. The van der Waals surface area contributed by atoms with Crippen LogP contribution in [0.15, 0.2) is 6.07 Å². The van der Waals surface area contributed by atoms with Crippen LogP contribution in [0.3, 0.4) is 0 Å². The van der Waals surface area contributed by atoms with Crippen LogP contribution in [0.2, 0.25) is 0 Å². The highest BCUT2D eigenvalue weighted by Gasteiger charge is 2.40. The highest BCUT2D eigenvalue weighted by atomic mass is 32.2. The third-order valence-corrected chi connectivity index (χ3v) is 8.18. The number of urea groups is 1. The number of anilines is 1. The molecule has 2 amide bonds. The van der Waals surface area contributed by atoms with Gasteiger partial charge in [-0.25, -0.2) is 17.9 Å². The summed E-state index contributed by atoms with van der Waals surface area (Å²) in [5.74, 6) is 0.516. The molecular formula is C20H27N3O4S. The zero-order valence-electron chi connectivity index (χ0n) is 16.0. The fraction of sp³-hybridized carbons (Fsp3) is 0.650. The van der Waals surface area contributed by atoms with Crippen molar-refractivity contribution < 1.29 is 17.9 Å². The first-order valence-corrected chi connectivity index (χ1v) is 11.8. The maximum absolute atomic E-state index is 12.6. The predicted molar refractivity (Wildman–Crippen MR) is 106 cm³/mol. The number of nitrogens with one attached hydrogen (secondary N) is 2. The van der Waals surface area contributed by atoms with Crippen molar-refractivity contribution in [3.63, 3.8) is 0 Å². The van der Waals surface area contributed by atoms with E-state index in [9.17, 15) is 13.2 Å². The van der Waals surface area contributed by atoms with E-state index in [0.717, 1.165) is 64.0 Å². The minimum absolute atomic E-state index is 0.481. The molecule has 152 valence electrons. The van der Waals surface area contributed by atoms with Crippen LogP contribution >= 0.6 is 0 Å². The summed E-state index contributed by atoms with van der Waals surface area (Å²) in [6.07, 6.45) is 6.18. The standard InChI is InChI=1S/C20H27N3O4S/c24-20(22-28(25,26)16-9-23(10-16)8-13-11-27-12-13)21-19-17-5-1-3-14(17)7-15-4-2-6-18(15)19/h7,13,16H,1-6,8-12H2,(H2,21,22,24). The van der Waals surface area contributed by atoms with Crippen molar-refractivity contribution in [3.8, 4) is 0 Å². The van der Waals surface area contributed by atoms with E-state index in [4.69, 9.17) is 4.74 Å². The van der Waals surface area contributed by atoms with Crippen LogP contribution in [0.4, 0.5) is 10.5 Å². The van der Waals surface area contributed by atoms with E-state index in [-0.39, 0.29) is 0 Å². The van der Waals surface area contributed by atoms with E-state index in [0.29, 0.717) is 19.0 Å². The second-order valence-electron chi connectivity index (χ2n) is 8.58. The van der Waals surface area contributed by atoms with Gasteiger partial charge in [0, 0.05) is 31.2 Å². The van der Waals surface area contributed by atoms with Crippen molar-refractivity contribution in [2.24, 2.45) is 5.92 Å². The Morgan fingerprint density at radius 2 is 1.71 bits per heavy atom. The second-order valence-corrected chi connectivity index (χ2v) is 10.5. The van der Waals surface area contributed by atoms with Crippen LogP contribution in [0.1, 0.15) is 35.1 Å². The number of likely N-dealkylation sites (tertiary alicyclic amines) is 1. The first-order valence-electron chi connectivity index (χ1n) is 10.3. The molecule has 1 aromatic rings. The zero-order chi connectivity index (χ0) is 19.3. The summed E-state index contributed by atoms with van der Waals surface area (Å²) in [7, 11) is -3.66. The molecule has 2 aliphatic carbocycles. The molecule has 8 heteroatoms. The zero-order valence-corrected chi connectivity index (χ0v) is 16.8. The number of sulfonamides is 1. The molecule has 2 aliphatic heterocycles. The molecule has 0 radical (unpaired) electrons. The van der Waals surface area contributed by atoms with Crippen LogP contribution in [0, 0.1) is 5.92 Å². The second kappa shape index (κ2) is 7.00. The van der Waals surface area contributed by atoms with Gasteiger partial charge in [-0.2, -0.15) is 0 Å². The fourth-order valence-corrected chi connectivity index (χ4v) is 6.23. The quantitative estimate of drug-likeness (QED) is 0.774. The highest BCUT2D eigenvalue weighted by molar-refractivity contribution is 7.90. The van der Waals surface area contributed by atoms with Crippen molar-refractivity contribution in [2.45, 2.75) is 43.8 Å². The molecule has 2 heterocycles.